The molecule has 0 spiro atoms. The second kappa shape index (κ2) is 10.2. The monoisotopic (exact) mass is 416 g/mol. The number of anilines is 1. The minimum absolute atomic E-state index is 0.0137. The zero-order valence-electron chi connectivity index (χ0n) is 16.6. The molecule has 6 nitrogen and oxygen atoms in total. The summed E-state index contributed by atoms with van der Waals surface area (Å²) in [6.45, 7) is 5.05. The van der Waals surface area contributed by atoms with Crippen LogP contribution in [0.2, 0.25) is 0 Å². The van der Waals surface area contributed by atoms with Gasteiger partial charge in [0.2, 0.25) is 11.0 Å². The third-order valence-corrected chi connectivity index (χ3v) is 5.37. The molecule has 1 atom stereocenters. The van der Waals surface area contributed by atoms with Crippen LogP contribution in [0.5, 0.6) is 0 Å². The minimum atomic E-state index is -0.263. The Bertz CT molecular complexity index is 896. The first kappa shape index (κ1) is 21.0. The first-order valence-electron chi connectivity index (χ1n) is 9.67. The summed E-state index contributed by atoms with van der Waals surface area (Å²) in [7, 11) is 0. The number of halogens is 1. The zero-order chi connectivity index (χ0) is 20.6. The van der Waals surface area contributed by atoms with Crippen molar-refractivity contribution in [2.24, 2.45) is 0 Å². The van der Waals surface area contributed by atoms with E-state index in [2.05, 4.69) is 14.7 Å². The van der Waals surface area contributed by atoms with E-state index in [0.29, 0.717) is 31.8 Å². The van der Waals surface area contributed by atoms with Crippen molar-refractivity contribution in [3.05, 3.63) is 65.6 Å². The molecule has 2 aromatic heterocycles. The van der Waals surface area contributed by atoms with Crippen LogP contribution >= 0.6 is 11.5 Å². The molecule has 0 fully saturated rings. The lowest BCUT2D eigenvalue weighted by atomic mass is 10.1. The lowest BCUT2D eigenvalue weighted by Gasteiger charge is -2.20. The van der Waals surface area contributed by atoms with Gasteiger partial charge in [0, 0.05) is 37.0 Å². The van der Waals surface area contributed by atoms with Gasteiger partial charge in [-0.05, 0) is 43.2 Å². The summed E-state index contributed by atoms with van der Waals surface area (Å²) in [5.74, 6) is 1.22. The van der Waals surface area contributed by atoms with Gasteiger partial charge in [0.25, 0.3) is 0 Å². The van der Waals surface area contributed by atoms with E-state index in [4.69, 9.17) is 4.42 Å². The lowest BCUT2D eigenvalue weighted by molar-refractivity contribution is -0.121. The van der Waals surface area contributed by atoms with Crippen LogP contribution < -0.4 is 10.2 Å². The van der Waals surface area contributed by atoms with E-state index in [-0.39, 0.29) is 17.8 Å². The Kier molecular flexibility index (Phi) is 7.35. The van der Waals surface area contributed by atoms with Crippen LogP contribution in [0.1, 0.15) is 43.8 Å². The average Bonchev–Trinajstić information content (AvgIpc) is 3.39. The van der Waals surface area contributed by atoms with Crippen LogP contribution in [0.25, 0.3) is 0 Å². The maximum Gasteiger partial charge on any atom is 0.221 e. The molecule has 1 aromatic carbocycles. The highest BCUT2D eigenvalue weighted by Crippen LogP contribution is 2.22. The van der Waals surface area contributed by atoms with Gasteiger partial charge in [-0.2, -0.15) is 4.37 Å². The van der Waals surface area contributed by atoms with Crippen molar-refractivity contribution >= 4 is 22.6 Å². The van der Waals surface area contributed by atoms with Gasteiger partial charge in [-0.1, -0.05) is 19.1 Å². The number of carbonyl (C=O) groups is 1. The molecular weight excluding hydrogens is 391 g/mol. The van der Waals surface area contributed by atoms with E-state index in [0.717, 1.165) is 22.9 Å². The summed E-state index contributed by atoms with van der Waals surface area (Å²) in [6, 6.07) is 10.2. The predicted octanol–water partition coefficient (Wildman–Crippen LogP) is 4.17. The summed E-state index contributed by atoms with van der Waals surface area (Å²) >= 11 is 1.29. The van der Waals surface area contributed by atoms with E-state index >= 15 is 0 Å². The Labute approximate surface area is 173 Å². The molecule has 0 bridgehead atoms. The van der Waals surface area contributed by atoms with Gasteiger partial charge in [-0.25, -0.2) is 9.37 Å². The van der Waals surface area contributed by atoms with Crippen molar-refractivity contribution in [2.45, 2.75) is 45.7 Å². The van der Waals surface area contributed by atoms with Gasteiger partial charge in [-0.15, -0.1) is 0 Å². The number of nitrogens with one attached hydrogen (secondary N) is 1. The minimum Gasteiger partial charge on any atom is -0.467 e. The Balaban J connectivity index is 1.67. The number of benzene rings is 1. The normalized spacial score (nSPS) is 12.0. The quantitative estimate of drug-likeness (QED) is 0.537. The maximum absolute atomic E-state index is 13.1. The zero-order valence-corrected chi connectivity index (χ0v) is 17.4. The van der Waals surface area contributed by atoms with Crippen LogP contribution in [-0.4, -0.2) is 27.9 Å². The second-order valence-corrected chi connectivity index (χ2v) is 7.65. The van der Waals surface area contributed by atoms with E-state index in [1.54, 1.807) is 18.4 Å². The molecule has 8 heteroatoms. The van der Waals surface area contributed by atoms with E-state index in [1.807, 2.05) is 30.9 Å². The number of hydrogen-bond acceptors (Lipinski definition) is 6. The third-order valence-electron chi connectivity index (χ3n) is 4.56. The topological polar surface area (TPSA) is 71.3 Å². The Hall–Kier alpha value is -2.74. The molecule has 0 aliphatic rings. The number of hydrogen-bond donors (Lipinski definition) is 1. The average molecular weight is 417 g/mol. The molecule has 154 valence electrons. The van der Waals surface area contributed by atoms with Gasteiger partial charge >= 0.3 is 0 Å². The first-order valence-corrected chi connectivity index (χ1v) is 10.4. The fourth-order valence-corrected chi connectivity index (χ4v) is 3.46. The Morgan fingerprint density at radius 1 is 1.31 bits per heavy atom. The Morgan fingerprint density at radius 2 is 2.10 bits per heavy atom. The number of carbonyl (C=O) groups excluding carboxylic acids is 1. The van der Waals surface area contributed by atoms with Crippen molar-refractivity contribution < 1.29 is 13.6 Å². The fraction of sp³-hybridized carbons (Fsp3) is 0.381. The lowest BCUT2D eigenvalue weighted by Crippen LogP contribution is -2.35. The van der Waals surface area contributed by atoms with Crippen molar-refractivity contribution in [1.29, 1.82) is 0 Å². The molecular formula is C21H25FN4O2S. The third kappa shape index (κ3) is 6.39. The number of nitrogens with zero attached hydrogens (tertiary/aromatic N) is 3. The van der Waals surface area contributed by atoms with Crippen molar-refractivity contribution in [3.63, 3.8) is 0 Å². The number of rotatable bonds is 10. The molecule has 3 rings (SSSR count). The van der Waals surface area contributed by atoms with E-state index in [9.17, 15) is 9.18 Å². The maximum atomic E-state index is 13.1. The van der Waals surface area contributed by atoms with Crippen molar-refractivity contribution in [2.75, 3.05) is 11.4 Å². The highest BCUT2D eigenvalue weighted by atomic mass is 32.1. The van der Waals surface area contributed by atoms with Crippen molar-refractivity contribution in [3.8, 4) is 0 Å². The van der Waals surface area contributed by atoms with Gasteiger partial charge in [-0.3, -0.25) is 4.79 Å². The standard InChI is InChI=1S/C21H25FN4O2S/c1-3-15(2)23-20(27)10-11-26(14-18-5-4-12-28-18)21-24-19(25-29-21)13-16-6-8-17(22)9-7-16/h4-9,12,15H,3,10-11,13-14H2,1-2H3,(H,23,27)/t15-/m0/s1. The molecule has 0 saturated carbocycles. The molecule has 2 heterocycles. The molecule has 1 amide bonds. The van der Waals surface area contributed by atoms with Gasteiger partial charge < -0.3 is 14.6 Å². The molecule has 0 radical (unpaired) electrons. The summed E-state index contributed by atoms with van der Waals surface area (Å²) in [5, 5.41) is 3.72. The molecule has 1 N–H and O–H groups in total. The molecule has 0 unspecified atom stereocenters. The van der Waals surface area contributed by atoms with Crippen LogP contribution in [0.3, 0.4) is 0 Å². The number of amides is 1. The number of aromatic nitrogens is 2. The summed E-state index contributed by atoms with van der Waals surface area (Å²) < 4.78 is 23.0. The van der Waals surface area contributed by atoms with Gasteiger partial charge in [0.1, 0.15) is 17.4 Å². The molecule has 0 aliphatic heterocycles. The van der Waals surface area contributed by atoms with Crippen molar-refractivity contribution in [1.82, 2.24) is 14.7 Å². The van der Waals surface area contributed by atoms with Gasteiger partial charge in [0.05, 0.1) is 12.8 Å². The van der Waals surface area contributed by atoms with Gasteiger partial charge in [0.15, 0.2) is 0 Å². The van der Waals surface area contributed by atoms with Crippen LogP contribution in [0.4, 0.5) is 9.52 Å². The SMILES string of the molecule is CC[C@H](C)NC(=O)CCN(Cc1ccco1)c1nc(Cc2ccc(F)cc2)ns1. The summed E-state index contributed by atoms with van der Waals surface area (Å²) in [5.41, 5.74) is 0.946. The highest BCUT2D eigenvalue weighted by Gasteiger charge is 2.17. The van der Waals surface area contributed by atoms with Crippen LogP contribution in [-0.2, 0) is 17.8 Å². The summed E-state index contributed by atoms with van der Waals surface area (Å²) in [4.78, 5) is 18.8. The fourth-order valence-electron chi connectivity index (χ4n) is 2.75. The molecule has 0 aliphatic carbocycles. The first-order chi connectivity index (χ1) is 14.0. The highest BCUT2D eigenvalue weighted by molar-refractivity contribution is 7.09. The summed E-state index contributed by atoms with van der Waals surface area (Å²) in [6.07, 6.45) is 3.41. The smallest absolute Gasteiger partial charge is 0.221 e. The molecule has 29 heavy (non-hydrogen) atoms. The predicted molar refractivity (Wildman–Crippen MR) is 111 cm³/mol. The van der Waals surface area contributed by atoms with E-state index < -0.39 is 0 Å². The Morgan fingerprint density at radius 3 is 2.79 bits per heavy atom. The molecule has 0 saturated heterocycles. The van der Waals surface area contributed by atoms with E-state index in [1.165, 1.54) is 23.7 Å². The molecule has 3 aromatic rings. The number of furan rings is 1. The van der Waals surface area contributed by atoms with Crippen LogP contribution in [0, 0.1) is 5.82 Å². The largest absolute Gasteiger partial charge is 0.467 e. The van der Waals surface area contributed by atoms with Crippen LogP contribution in [0.15, 0.2) is 47.1 Å². The second-order valence-electron chi connectivity index (χ2n) is 6.92.